The number of hydrogen-bond donors (Lipinski definition) is 1. The molecule has 0 saturated carbocycles. The third-order valence-corrected chi connectivity index (χ3v) is 3.28. The van der Waals surface area contributed by atoms with Gasteiger partial charge in [-0.2, -0.15) is 5.10 Å². The number of carboxylic acid groups (broad SMARTS) is 1. The Labute approximate surface area is 120 Å². The van der Waals surface area contributed by atoms with Gasteiger partial charge in [0.15, 0.2) is 17.2 Å². The average molecular weight is 290 g/mol. The van der Waals surface area contributed by atoms with E-state index in [9.17, 15) is 4.79 Å². The van der Waals surface area contributed by atoms with Crippen molar-refractivity contribution in [2.45, 2.75) is 6.61 Å². The summed E-state index contributed by atoms with van der Waals surface area (Å²) in [5.74, 6) is 0.141. The Morgan fingerprint density at radius 2 is 2.29 bits per heavy atom. The third-order valence-electron chi connectivity index (χ3n) is 3.28. The Morgan fingerprint density at radius 3 is 2.95 bits per heavy atom. The van der Waals surface area contributed by atoms with Crippen LogP contribution in [0.25, 0.3) is 11.3 Å². The van der Waals surface area contributed by atoms with Crippen LogP contribution in [0.1, 0.15) is 16.1 Å². The number of aromatic nitrogens is 2. The predicted molar refractivity (Wildman–Crippen MR) is 72.4 cm³/mol. The average Bonchev–Trinajstić information content (AvgIpc) is 3.05. The molecule has 0 amide bonds. The number of carboxylic acids is 1. The van der Waals surface area contributed by atoms with Gasteiger partial charge in [0.1, 0.15) is 0 Å². The molecule has 0 saturated heterocycles. The fourth-order valence-electron chi connectivity index (χ4n) is 2.38. The highest BCUT2D eigenvalue weighted by Crippen LogP contribution is 2.43. The first-order valence-corrected chi connectivity index (χ1v) is 6.30. The van der Waals surface area contributed by atoms with E-state index >= 15 is 0 Å². The molecule has 1 aliphatic heterocycles. The minimum Gasteiger partial charge on any atom is -0.476 e. The topological polar surface area (TPSA) is 82.8 Å². The SMILES string of the molecule is COCc1ccc2c(c1-c1cc(C(=O)O)nn1C)OCO2. The first kappa shape index (κ1) is 13.4. The number of ether oxygens (including phenoxy) is 3. The fourth-order valence-corrected chi connectivity index (χ4v) is 2.38. The number of methoxy groups -OCH3 is 1. The minimum absolute atomic E-state index is 0.0209. The van der Waals surface area contributed by atoms with Gasteiger partial charge >= 0.3 is 5.97 Å². The predicted octanol–water partition coefficient (Wildman–Crippen LogP) is 1.66. The molecule has 0 fully saturated rings. The van der Waals surface area contributed by atoms with Crippen molar-refractivity contribution >= 4 is 5.97 Å². The normalized spacial score (nSPS) is 12.7. The van der Waals surface area contributed by atoms with Crippen LogP contribution in [0.5, 0.6) is 11.5 Å². The molecule has 0 atom stereocenters. The number of rotatable bonds is 4. The van der Waals surface area contributed by atoms with Crippen molar-refractivity contribution in [3.8, 4) is 22.8 Å². The second-order valence-corrected chi connectivity index (χ2v) is 4.61. The van der Waals surface area contributed by atoms with Crippen molar-refractivity contribution < 1.29 is 24.1 Å². The van der Waals surface area contributed by atoms with Crippen molar-refractivity contribution in [2.75, 3.05) is 13.9 Å². The second-order valence-electron chi connectivity index (χ2n) is 4.61. The van der Waals surface area contributed by atoms with E-state index in [1.807, 2.05) is 12.1 Å². The number of aryl methyl sites for hydroxylation is 1. The molecule has 7 nitrogen and oxygen atoms in total. The standard InChI is InChI=1S/C14H14N2O5/c1-16-10(5-9(15-16)14(17)18)12-8(6-19-2)3-4-11-13(12)21-7-20-11/h3-5H,6-7H2,1-2H3,(H,17,18). The molecule has 0 spiro atoms. The van der Waals surface area contributed by atoms with Crippen LogP contribution in [-0.2, 0) is 18.4 Å². The lowest BCUT2D eigenvalue weighted by atomic mass is 10.0. The summed E-state index contributed by atoms with van der Waals surface area (Å²) in [4.78, 5) is 11.1. The van der Waals surface area contributed by atoms with Crippen molar-refractivity contribution in [3.05, 3.63) is 29.5 Å². The molecule has 2 aromatic rings. The maximum atomic E-state index is 11.1. The number of fused-ring (bicyclic) bond motifs is 1. The van der Waals surface area contributed by atoms with Crippen molar-refractivity contribution in [3.63, 3.8) is 0 Å². The largest absolute Gasteiger partial charge is 0.476 e. The number of carbonyl (C=O) groups is 1. The number of hydrogen-bond acceptors (Lipinski definition) is 5. The van der Waals surface area contributed by atoms with E-state index < -0.39 is 5.97 Å². The Kier molecular flexibility index (Phi) is 3.26. The summed E-state index contributed by atoms with van der Waals surface area (Å²) in [6, 6.07) is 5.20. The molecule has 0 bridgehead atoms. The van der Waals surface area contributed by atoms with E-state index in [-0.39, 0.29) is 12.5 Å². The lowest BCUT2D eigenvalue weighted by molar-refractivity contribution is 0.0689. The zero-order valence-corrected chi connectivity index (χ0v) is 11.6. The van der Waals surface area contributed by atoms with Gasteiger partial charge in [0, 0.05) is 14.2 Å². The molecule has 2 heterocycles. The first-order chi connectivity index (χ1) is 10.1. The van der Waals surface area contributed by atoms with Crippen molar-refractivity contribution in [1.82, 2.24) is 9.78 Å². The van der Waals surface area contributed by atoms with Gasteiger partial charge in [-0.15, -0.1) is 0 Å². The van der Waals surface area contributed by atoms with Crippen LogP contribution in [0.2, 0.25) is 0 Å². The summed E-state index contributed by atoms with van der Waals surface area (Å²) < 4.78 is 17.6. The summed E-state index contributed by atoms with van der Waals surface area (Å²) >= 11 is 0. The molecule has 0 radical (unpaired) electrons. The highest BCUT2D eigenvalue weighted by Gasteiger charge is 2.25. The Balaban J connectivity index is 2.21. The molecule has 3 rings (SSSR count). The molecule has 0 aliphatic carbocycles. The summed E-state index contributed by atoms with van der Waals surface area (Å²) in [5, 5.41) is 13.1. The van der Waals surface area contributed by atoms with Gasteiger partial charge < -0.3 is 19.3 Å². The number of benzene rings is 1. The van der Waals surface area contributed by atoms with Gasteiger partial charge in [0.25, 0.3) is 0 Å². The van der Waals surface area contributed by atoms with E-state index in [2.05, 4.69) is 5.10 Å². The van der Waals surface area contributed by atoms with Crippen LogP contribution in [0.3, 0.4) is 0 Å². The van der Waals surface area contributed by atoms with Gasteiger partial charge in [-0.25, -0.2) is 4.79 Å². The van der Waals surface area contributed by atoms with E-state index in [0.29, 0.717) is 23.8 Å². The van der Waals surface area contributed by atoms with Gasteiger partial charge in [0.2, 0.25) is 6.79 Å². The van der Waals surface area contributed by atoms with Crippen molar-refractivity contribution in [2.24, 2.45) is 7.05 Å². The maximum Gasteiger partial charge on any atom is 0.356 e. The monoisotopic (exact) mass is 290 g/mol. The van der Waals surface area contributed by atoms with E-state index in [1.165, 1.54) is 10.7 Å². The molecule has 21 heavy (non-hydrogen) atoms. The summed E-state index contributed by atoms with van der Waals surface area (Å²) in [6.45, 7) is 0.516. The van der Waals surface area contributed by atoms with Gasteiger partial charge in [0.05, 0.1) is 17.9 Å². The summed E-state index contributed by atoms with van der Waals surface area (Å²) in [6.07, 6.45) is 0. The summed E-state index contributed by atoms with van der Waals surface area (Å²) in [5.41, 5.74) is 2.24. The lowest BCUT2D eigenvalue weighted by Gasteiger charge is -2.12. The molecule has 0 unspecified atom stereocenters. The van der Waals surface area contributed by atoms with E-state index in [1.54, 1.807) is 14.2 Å². The number of aromatic carboxylic acids is 1. The molecule has 1 aromatic heterocycles. The van der Waals surface area contributed by atoms with Crippen molar-refractivity contribution in [1.29, 1.82) is 0 Å². The molecule has 7 heteroatoms. The van der Waals surface area contributed by atoms with Gasteiger partial charge in [-0.1, -0.05) is 6.07 Å². The molecular weight excluding hydrogens is 276 g/mol. The van der Waals surface area contributed by atoms with Crippen LogP contribution < -0.4 is 9.47 Å². The Hall–Kier alpha value is -2.54. The van der Waals surface area contributed by atoms with Crippen LogP contribution in [0.15, 0.2) is 18.2 Å². The maximum absolute atomic E-state index is 11.1. The van der Waals surface area contributed by atoms with Crippen LogP contribution in [-0.4, -0.2) is 34.8 Å². The first-order valence-electron chi connectivity index (χ1n) is 6.30. The van der Waals surface area contributed by atoms with Gasteiger partial charge in [-0.05, 0) is 17.7 Å². The fraction of sp³-hybridized carbons (Fsp3) is 0.286. The lowest BCUT2D eigenvalue weighted by Crippen LogP contribution is -2.01. The molecule has 1 N–H and O–H groups in total. The zero-order chi connectivity index (χ0) is 15.0. The third kappa shape index (κ3) is 2.21. The van der Waals surface area contributed by atoms with E-state index in [4.69, 9.17) is 19.3 Å². The van der Waals surface area contributed by atoms with Crippen LogP contribution in [0, 0.1) is 0 Å². The molecule has 1 aromatic carbocycles. The molecule has 110 valence electrons. The Morgan fingerprint density at radius 1 is 1.48 bits per heavy atom. The zero-order valence-electron chi connectivity index (χ0n) is 11.6. The van der Waals surface area contributed by atoms with E-state index in [0.717, 1.165) is 11.1 Å². The Bertz CT molecular complexity index is 708. The minimum atomic E-state index is -1.07. The van der Waals surface area contributed by atoms with Crippen LogP contribution >= 0.6 is 0 Å². The quantitative estimate of drug-likeness (QED) is 0.922. The second kappa shape index (κ2) is 5.10. The van der Waals surface area contributed by atoms with Gasteiger partial charge in [-0.3, -0.25) is 4.68 Å². The molecular formula is C14H14N2O5. The summed E-state index contributed by atoms with van der Waals surface area (Å²) in [7, 11) is 3.29. The van der Waals surface area contributed by atoms with Crippen LogP contribution in [0.4, 0.5) is 0 Å². The highest BCUT2D eigenvalue weighted by molar-refractivity contribution is 5.88. The highest BCUT2D eigenvalue weighted by atomic mass is 16.7. The number of nitrogens with zero attached hydrogens (tertiary/aromatic N) is 2. The smallest absolute Gasteiger partial charge is 0.356 e. The molecule has 1 aliphatic rings.